The normalized spacial score (nSPS) is 24.8. The Morgan fingerprint density at radius 3 is 2.77 bits per heavy atom. The smallest absolute Gasteiger partial charge is 0.254 e. The zero-order chi connectivity index (χ0) is 15.7. The van der Waals surface area contributed by atoms with E-state index in [-0.39, 0.29) is 17.6 Å². The average molecular weight is 305 g/mol. The van der Waals surface area contributed by atoms with Gasteiger partial charge in [-0.2, -0.15) is 5.10 Å². The Balaban J connectivity index is 1.58. The fraction of sp³-hybridized carbons (Fsp3) is 0.765. The van der Waals surface area contributed by atoms with E-state index in [9.17, 15) is 4.79 Å². The van der Waals surface area contributed by atoms with Crippen molar-refractivity contribution < 1.29 is 9.53 Å². The Kier molecular flexibility index (Phi) is 4.26. The standard InChI is InChI=1S/C17H27N3O2/c1-12-15(11-19-20(12)13-6-4-5-7-13)16(21)18-10-14-8-9-17(2,3)22-14/h11,13-14H,4-10H2,1-3H3,(H,18,21)/t14-/m1/s1. The highest BCUT2D eigenvalue weighted by Crippen LogP contribution is 2.31. The molecule has 5 nitrogen and oxygen atoms in total. The molecular formula is C17H27N3O2. The van der Waals surface area contributed by atoms with E-state index in [0.717, 1.165) is 18.5 Å². The van der Waals surface area contributed by atoms with Gasteiger partial charge >= 0.3 is 0 Å². The highest BCUT2D eigenvalue weighted by Gasteiger charge is 2.32. The van der Waals surface area contributed by atoms with Crippen molar-refractivity contribution in [1.29, 1.82) is 0 Å². The van der Waals surface area contributed by atoms with Crippen LogP contribution in [0.15, 0.2) is 6.20 Å². The van der Waals surface area contributed by atoms with E-state index in [4.69, 9.17) is 4.74 Å². The number of nitrogens with one attached hydrogen (secondary N) is 1. The molecule has 122 valence electrons. The quantitative estimate of drug-likeness (QED) is 0.930. The van der Waals surface area contributed by atoms with Crippen LogP contribution in [-0.4, -0.2) is 33.9 Å². The highest BCUT2D eigenvalue weighted by atomic mass is 16.5. The van der Waals surface area contributed by atoms with Crippen LogP contribution < -0.4 is 5.32 Å². The lowest BCUT2D eigenvalue weighted by molar-refractivity contribution is -0.0138. The molecule has 0 bridgehead atoms. The second kappa shape index (κ2) is 6.03. The van der Waals surface area contributed by atoms with E-state index < -0.39 is 0 Å². The van der Waals surface area contributed by atoms with Gasteiger partial charge in [0.25, 0.3) is 5.91 Å². The second-order valence-corrected chi connectivity index (χ2v) is 7.27. The van der Waals surface area contributed by atoms with Gasteiger partial charge in [-0.3, -0.25) is 9.48 Å². The first-order valence-corrected chi connectivity index (χ1v) is 8.46. The predicted molar refractivity (Wildman–Crippen MR) is 85.0 cm³/mol. The number of ether oxygens (including phenoxy) is 1. The third kappa shape index (κ3) is 3.19. The summed E-state index contributed by atoms with van der Waals surface area (Å²) < 4.78 is 7.96. The minimum atomic E-state index is -0.0569. The van der Waals surface area contributed by atoms with Crippen LogP contribution in [0.3, 0.4) is 0 Å². The van der Waals surface area contributed by atoms with E-state index in [1.54, 1.807) is 6.20 Å². The van der Waals surface area contributed by atoms with Gasteiger partial charge in [0.1, 0.15) is 0 Å². The zero-order valence-corrected chi connectivity index (χ0v) is 13.9. The van der Waals surface area contributed by atoms with Crippen LogP contribution in [-0.2, 0) is 4.74 Å². The second-order valence-electron chi connectivity index (χ2n) is 7.27. The van der Waals surface area contributed by atoms with Gasteiger partial charge in [0.05, 0.1) is 29.5 Å². The van der Waals surface area contributed by atoms with Gasteiger partial charge in [0.2, 0.25) is 0 Å². The fourth-order valence-corrected chi connectivity index (χ4v) is 3.69. The molecule has 5 heteroatoms. The maximum absolute atomic E-state index is 12.4. The Labute approximate surface area is 132 Å². The summed E-state index contributed by atoms with van der Waals surface area (Å²) in [7, 11) is 0. The number of nitrogens with zero attached hydrogens (tertiary/aromatic N) is 2. The van der Waals surface area contributed by atoms with Crippen molar-refractivity contribution in [3.05, 3.63) is 17.5 Å². The van der Waals surface area contributed by atoms with Crippen LogP contribution in [0.5, 0.6) is 0 Å². The Morgan fingerprint density at radius 1 is 1.41 bits per heavy atom. The molecular weight excluding hydrogens is 278 g/mol. The number of hydrogen-bond donors (Lipinski definition) is 1. The van der Waals surface area contributed by atoms with Crippen molar-refractivity contribution in [2.75, 3.05) is 6.54 Å². The molecule has 1 aromatic heterocycles. The maximum Gasteiger partial charge on any atom is 0.254 e. The first kappa shape index (κ1) is 15.5. The van der Waals surface area contributed by atoms with E-state index in [1.807, 2.05) is 11.6 Å². The first-order chi connectivity index (χ1) is 10.5. The van der Waals surface area contributed by atoms with Gasteiger partial charge in [-0.1, -0.05) is 12.8 Å². The molecule has 1 atom stereocenters. The summed E-state index contributed by atoms with van der Waals surface area (Å²) in [5, 5.41) is 7.45. The Morgan fingerprint density at radius 2 is 2.14 bits per heavy atom. The van der Waals surface area contributed by atoms with Crippen LogP contribution in [0.1, 0.15) is 74.5 Å². The average Bonchev–Trinajstić information content (AvgIpc) is 3.16. The molecule has 1 N–H and O–H groups in total. The summed E-state index contributed by atoms with van der Waals surface area (Å²) in [5.74, 6) is -0.0324. The third-order valence-corrected chi connectivity index (χ3v) is 5.00. The SMILES string of the molecule is Cc1c(C(=O)NC[C@H]2CCC(C)(C)O2)cnn1C1CCCC1. The monoisotopic (exact) mass is 305 g/mol. The van der Waals surface area contributed by atoms with Crippen LogP contribution in [0.4, 0.5) is 0 Å². The number of hydrogen-bond acceptors (Lipinski definition) is 3. The summed E-state index contributed by atoms with van der Waals surface area (Å²) in [6.45, 7) is 6.78. The minimum absolute atomic E-state index is 0.0324. The molecule has 0 spiro atoms. The summed E-state index contributed by atoms with van der Waals surface area (Å²) in [5.41, 5.74) is 1.62. The van der Waals surface area contributed by atoms with Gasteiger partial charge in [0, 0.05) is 12.2 Å². The number of carbonyl (C=O) groups is 1. The summed E-state index contributed by atoms with van der Waals surface area (Å²) in [6.07, 6.45) is 8.77. The van der Waals surface area contributed by atoms with Crippen molar-refractivity contribution >= 4 is 5.91 Å². The Bertz CT molecular complexity index is 544. The molecule has 2 heterocycles. The van der Waals surface area contributed by atoms with Crippen molar-refractivity contribution in [2.45, 2.75) is 77.0 Å². The minimum Gasteiger partial charge on any atom is -0.371 e. The molecule has 1 saturated heterocycles. The van der Waals surface area contributed by atoms with Gasteiger partial charge in [0.15, 0.2) is 0 Å². The molecule has 0 aromatic carbocycles. The van der Waals surface area contributed by atoms with Crippen LogP contribution >= 0.6 is 0 Å². The molecule has 22 heavy (non-hydrogen) atoms. The molecule has 1 saturated carbocycles. The molecule has 1 aromatic rings. The predicted octanol–water partition coefficient (Wildman–Crippen LogP) is 2.99. The van der Waals surface area contributed by atoms with E-state index >= 15 is 0 Å². The molecule has 1 aliphatic heterocycles. The molecule has 1 amide bonds. The van der Waals surface area contributed by atoms with Crippen LogP contribution in [0, 0.1) is 6.92 Å². The first-order valence-electron chi connectivity index (χ1n) is 8.46. The largest absolute Gasteiger partial charge is 0.371 e. The van der Waals surface area contributed by atoms with Crippen molar-refractivity contribution in [1.82, 2.24) is 15.1 Å². The lowest BCUT2D eigenvalue weighted by Crippen LogP contribution is -2.33. The molecule has 3 rings (SSSR count). The number of rotatable bonds is 4. The number of carbonyl (C=O) groups excluding carboxylic acids is 1. The summed E-state index contributed by atoms with van der Waals surface area (Å²) in [6, 6.07) is 0.473. The lowest BCUT2D eigenvalue weighted by Gasteiger charge is -2.19. The van der Waals surface area contributed by atoms with E-state index in [1.165, 1.54) is 25.7 Å². The highest BCUT2D eigenvalue weighted by molar-refractivity contribution is 5.95. The van der Waals surface area contributed by atoms with Crippen LogP contribution in [0.25, 0.3) is 0 Å². The number of amides is 1. The summed E-state index contributed by atoms with van der Waals surface area (Å²) >= 11 is 0. The summed E-state index contributed by atoms with van der Waals surface area (Å²) in [4.78, 5) is 12.4. The molecule has 2 aliphatic rings. The van der Waals surface area contributed by atoms with Gasteiger partial charge in [-0.25, -0.2) is 0 Å². The zero-order valence-electron chi connectivity index (χ0n) is 13.9. The lowest BCUT2D eigenvalue weighted by atomic mass is 10.1. The van der Waals surface area contributed by atoms with Crippen LogP contribution in [0.2, 0.25) is 0 Å². The third-order valence-electron chi connectivity index (χ3n) is 5.00. The topological polar surface area (TPSA) is 56.1 Å². The fourth-order valence-electron chi connectivity index (χ4n) is 3.69. The molecule has 0 unspecified atom stereocenters. The van der Waals surface area contributed by atoms with E-state index in [0.29, 0.717) is 18.2 Å². The number of aromatic nitrogens is 2. The van der Waals surface area contributed by atoms with Gasteiger partial charge in [-0.05, 0) is 46.5 Å². The Hall–Kier alpha value is -1.36. The van der Waals surface area contributed by atoms with Gasteiger partial charge < -0.3 is 10.1 Å². The van der Waals surface area contributed by atoms with Gasteiger partial charge in [-0.15, -0.1) is 0 Å². The molecule has 1 aliphatic carbocycles. The van der Waals surface area contributed by atoms with Crippen molar-refractivity contribution in [2.24, 2.45) is 0 Å². The van der Waals surface area contributed by atoms with Crippen molar-refractivity contribution in [3.8, 4) is 0 Å². The van der Waals surface area contributed by atoms with E-state index in [2.05, 4.69) is 24.3 Å². The molecule has 2 fully saturated rings. The maximum atomic E-state index is 12.4. The van der Waals surface area contributed by atoms with Crippen molar-refractivity contribution in [3.63, 3.8) is 0 Å². The molecule has 0 radical (unpaired) electrons.